The molecule has 13 heavy (non-hydrogen) atoms. The minimum Gasteiger partial charge on any atom is -0.447 e. The highest BCUT2D eigenvalue weighted by Crippen LogP contribution is 1.93. The molecule has 0 spiro atoms. The Morgan fingerprint density at radius 2 is 2.54 bits per heavy atom. The van der Waals surface area contributed by atoms with E-state index < -0.39 is 0 Å². The van der Waals surface area contributed by atoms with Crippen LogP contribution in [-0.2, 0) is 9.53 Å². The van der Waals surface area contributed by atoms with Gasteiger partial charge in [-0.3, -0.25) is 4.79 Å². The van der Waals surface area contributed by atoms with E-state index in [1.807, 2.05) is 20.3 Å². The molecule has 1 rings (SSSR count). The van der Waals surface area contributed by atoms with E-state index >= 15 is 0 Å². The smallest absolute Gasteiger partial charge is 0.335 e. The van der Waals surface area contributed by atoms with Crippen molar-refractivity contribution in [1.29, 1.82) is 0 Å². The topological polar surface area (TPSA) is 52.3 Å². The monoisotopic (exact) mass is 184 g/mol. The molecular weight excluding hydrogens is 168 g/mol. The van der Waals surface area contributed by atoms with Crippen LogP contribution in [0.4, 0.5) is 0 Å². The maximum Gasteiger partial charge on any atom is 0.335 e. The first kappa shape index (κ1) is 10.0. The van der Waals surface area contributed by atoms with Crippen LogP contribution in [-0.4, -0.2) is 31.0 Å². The second-order valence-electron chi connectivity index (χ2n) is 2.84. The molecule has 1 aliphatic rings. The zero-order valence-electron chi connectivity index (χ0n) is 8.09. The molecule has 1 amide bonds. The quantitative estimate of drug-likeness (QED) is 0.567. The largest absolute Gasteiger partial charge is 0.447 e. The maximum atomic E-state index is 11.4. The summed E-state index contributed by atoms with van der Waals surface area (Å²) < 4.78 is 5.26. The van der Waals surface area contributed by atoms with Crippen molar-refractivity contribution in [2.45, 2.75) is 26.3 Å². The fourth-order valence-corrected chi connectivity index (χ4v) is 1.18. The summed E-state index contributed by atoms with van der Waals surface area (Å²) in [5.74, 6) is 0.801. The van der Waals surface area contributed by atoms with Crippen LogP contribution in [0.15, 0.2) is 0 Å². The molecule has 2 N–H and O–H groups in total. The summed E-state index contributed by atoms with van der Waals surface area (Å²) in [5, 5.41) is 2.76. The number of hydrogen-bond acceptors (Lipinski definition) is 2. The molecule has 0 saturated heterocycles. The van der Waals surface area contributed by atoms with E-state index in [1.54, 1.807) is 0 Å². The highest BCUT2D eigenvalue weighted by atomic mass is 16.5. The van der Waals surface area contributed by atoms with Gasteiger partial charge in [0, 0.05) is 6.54 Å². The second-order valence-corrected chi connectivity index (χ2v) is 2.84. The van der Waals surface area contributed by atoms with Crippen molar-refractivity contribution in [2.24, 2.45) is 0 Å². The Labute approximate surface area is 78.4 Å². The Bertz CT molecular complexity index is 214. The molecule has 0 saturated carbocycles. The number of nitrogens with one attached hydrogen (secondary N) is 2. The zero-order chi connectivity index (χ0) is 9.68. The molecule has 1 heterocycles. The fraction of sp³-hybridized carbons (Fsp3) is 0.667. The number of ether oxygens (including phenoxy) is 1. The highest BCUT2D eigenvalue weighted by molar-refractivity contribution is 5.83. The Morgan fingerprint density at radius 1 is 1.77 bits per heavy atom. The molecule has 1 atom stereocenters. The van der Waals surface area contributed by atoms with Gasteiger partial charge in [0.15, 0.2) is 0 Å². The molecule has 0 aromatic rings. The zero-order valence-corrected chi connectivity index (χ0v) is 8.09. The lowest BCUT2D eigenvalue weighted by Crippen LogP contribution is -2.85. The summed E-state index contributed by atoms with van der Waals surface area (Å²) >= 11 is 0. The number of carbonyl (C=O) groups excluding carboxylic acids is 1. The Balaban J connectivity index is 2.54. The highest BCUT2D eigenvalue weighted by Gasteiger charge is 2.27. The summed E-state index contributed by atoms with van der Waals surface area (Å²) in [5.41, 5.74) is 0. The molecule has 0 aliphatic carbocycles. The lowest BCUT2D eigenvalue weighted by atomic mass is 10.2. The standard InChI is InChI=1S/C9H15N2O2/c1-3-8-11-7(5-6-13-8)9(12)10-4-2/h5,7H,3-4,6H2,1-2H3,(H,10,12)/p+1. The normalized spacial score (nSPS) is 21.7. The van der Waals surface area contributed by atoms with Crippen molar-refractivity contribution in [2.75, 3.05) is 13.2 Å². The number of likely N-dealkylation sites (N-methyl/N-ethyl adjacent to an activating group) is 1. The summed E-state index contributed by atoms with van der Waals surface area (Å²) in [6.07, 6.45) is 2.62. The van der Waals surface area contributed by atoms with Gasteiger partial charge in [0.05, 0.1) is 12.8 Å². The molecule has 0 bridgehead atoms. The second kappa shape index (κ2) is 4.84. The van der Waals surface area contributed by atoms with Crippen molar-refractivity contribution in [3.05, 3.63) is 6.42 Å². The van der Waals surface area contributed by atoms with Gasteiger partial charge in [0.25, 0.3) is 5.91 Å². The summed E-state index contributed by atoms with van der Waals surface area (Å²) in [6, 6.07) is -0.233. The van der Waals surface area contributed by atoms with E-state index in [0.717, 1.165) is 12.3 Å². The third-order valence-corrected chi connectivity index (χ3v) is 1.86. The van der Waals surface area contributed by atoms with E-state index in [4.69, 9.17) is 4.74 Å². The Hall–Kier alpha value is -1.06. The minimum absolute atomic E-state index is 0.0109. The molecule has 1 radical (unpaired) electrons. The first-order chi connectivity index (χ1) is 6.27. The van der Waals surface area contributed by atoms with Gasteiger partial charge < -0.3 is 10.1 Å². The van der Waals surface area contributed by atoms with Gasteiger partial charge in [-0.25, -0.2) is 4.99 Å². The molecule has 0 aromatic carbocycles. The van der Waals surface area contributed by atoms with Crippen molar-refractivity contribution < 1.29 is 14.5 Å². The van der Waals surface area contributed by atoms with E-state index in [-0.39, 0.29) is 11.9 Å². The van der Waals surface area contributed by atoms with Crippen molar-refractivity contribution in [3.8, 4) is 0 Å². The van der Waals surface area contributed by atoms with Crippen LogP contribution in [0, 0.1) is 6.42 Å². The molecular formula is C9H16N2O2+. The van der Waals surface area contributed by atoms with Gasteiger partial charge in [-0.2, -0.15) is 0 Å². The molecule has 0 fully saturated rings. The van der Waals surface area contributed by atoms with Gasteiger partial charge in [-0.15, -0.1) is 0 Å². The summed E-state index contributed by atoms with van der Waals surface area (Å²) in [4.78, 5) is 14.4. The van der Waals surface area contributed by atoms with Gasteiger partial charge >= 0.3 is 5.90 Å². The third-order valence-electron chi connectivity index (χ3n) is 1.86. The van der Waals surface area contributed by atoms with Gasteiger partial charge in [0.2, 0.25) is 6.04 Å². The number of rotatable bonds is 3. The summed E-state index contributed by atoms with van der Waals surface area (Å²) in [6.45, 7) is 5.06. The van der Waals surface area contributed by atoms with E-state index in [0.29, 0.717) is 13.2 Å². The molecule has 4 heteroatoms. The molecule has 4 nitrogen and oxygen atoms in total. The first-order valence-corrected chi connectivity index (χ1v) is 4.64. The average Bonchev–Trinajstić information content (AvgIpc) is 2.18. The van der Waals surface area contributed by atoms with Gasteiger partial charge in [-0.05, 0) is 6.92 Å². The maximum absolute atomic E-state index is 11.4. The number of hydrogen-bond donors (Lipinski definition) is 2. The molecule has 73 valence electrons. The summed E-state index contributed by atoms with van der Waals surface area (Å²) in [7, 11) is 0. The average molecular weight is 184 g/mol. The Kier molecular flexibility index (Phi) is 3.73. The van der Waals surface area contributed by atoms with Crippen LogP contribution >= 0.6 is 0 Å². The van der Waals surface area contributed by atoms with Crippen molar-refractivity contribution in [3.63, 3.8) is 0 Å². The SMILES string of the molecule is CCNC(=O)C1[CH]COC(CC)=[NH+]1. The van der Waals surface area contributed by atoms with Crippen LogP contribution in [0.1, 0.15) is 20.3 Å². The van der Waals surface area contributed by atoms with Crippen molar-refractivity contribution >= 4 is 11.8 Å². The van der Waals surface area contributed by atoms with E-state index in [9.17, 15) is 4.79 Å². The van der Waals surface area contributed by atoms with Crippen LogP contribution in [0.2, 0.25) is 0 Å². The lowest BCUT2D eigenvalue weighted by Gasteiger charge is -2.13. The molecule has 0 aromatic heterocycles. The fourth-order valence-electron chi connectivity index (χ4n) is 1.18. The van der Waals surface area contributed by atoms with Crippen molar-refractivity contribution in [1.82, 2.24) is 5.32 Å². The van der Waals surface area contributed by atoms with E-state index in [2.05, 4.69) is 10.3 Å². The first-order valence-electron chi connectivity index (χ1n) is 4.64. The van der Waals surface area contributed by atoms with Gasteiger partial charge in [0.1, 0.15) is 6.61 Å². The predicted octanol–water partition coefficient (Wildman–Crippen LogP) is -1.39. The number of amides is 1. The minimum atomic E-state index is -0.233. The van der Waals surface area contributed by atoms with Gasteiger partial charge in [-0.1, -0.05) is 6.92 Å². The van der Waals surface area contributed by atoms with Crippen LogP contribution < -0.4 is 10.3 Å². The third kappa shape index (κ3) is 2.72. The number of carbonyl (C=O) groups is 1. The predicted molar refractivity (Wildman–Crippen MR) is 49.0 cm³/mol. The molecule has 1 aliphatic heterocycles. The van der Waals surface area contributed by atoms with Crippen LogP contribution in [0.5, 0.6) is 0 Å². The van der Waals surface area contributed by atoms with Crippen LogP contribution in [0.25, 0.3) is 0 Å². The lowest BCUT2D eigenvalue weighted by molar-refractivity contribution is -0.497. The van der Waals surface area contributed by atoms with Crippen LogP contribution in [0.3, 0.4) is 0 Å². The molecule has 1 unspecified atom stereocenters. The van der Waals surface area contributed by atoms with E-state index in [1.165, 1.54) is 0 Å². The Morgan fingerprint density at radius 3 is 3.15 bits per heavy atom.